The van der Waals surface area contributed by atoms with E-state index in [2.05, 4.69) is 10.6 Å². The number of urea groups is 1. The van der Waals surface area contributed by atoms with Gasteiger partial charge in [0.1, 0.15) is 17.2 Å². The van der Waals surface area contributed by atoms with Crippen LogP contribution >= 0.6 is 0 Å². The molecule has 0 aliphatic carbocycles. The molecule has 3 amide bonds. The van der Waals surface area contributed by atoms with Gasteiger partial charge in [0, 0.05) is 11.1 Å². The molecule has 1 heterocycles. The summed E-state index contributed by atoms with van der Waals surface area (Å²) in [6, 6.07) is 3.01. The highest BCUT2D eigenvalue weighted by atomic mass is 16.5. The summed E-state index contributed by atoms with van der Waals surface area (Å²) in [5.74, 6) is 0.834. The lowest BCUT2D eigenvalue weighted by molar-refractivity contribution is -0.115. The summed E-state index contributed by atoms with van der Waals surface area (Å²) in [4.78, 5) is 22.5. The Hall–Kier alpha value is -2.50. The van der Waals surface area contributed by atoms with Gasteiger partial charge in [-0.1, -0.05) is 0 Å². The van der Waals surface area contributed by atoms with Crippen molar-refractivity contribution in [2.24, 2.45) is 0 Å². The van der Waals surface area contributed by atoms with E-state index in [1.807, 2.05) is 6.92 Å². The van der Waals surface area contributed by atoms with Crippen molar-refractivity contribution in [2.75, 3.05) is 14.2 Å². The highest BCUT2D eigenvalue weighted by molar-refractivity contribution is 6.14. The molecule has 2 N–H and O–H groups in total. The van der Waals surface area contributed by atoms with E-state index in [0.717, 1.165) is 5.56 Å². The first-order valence-electron chi connectivity index (χ1n) is 5.62. The molecular weight excluding hydrogens is 248 g/mol. The van der Waals surface area contributed by atoms with Crippen molar-refractivity contribution in [3.8, 4) is 11.5 Å². The first-order chi connectivity index (χ1) is 9.06. The molecule has 0 atom stereocenters. The summed E-state index contributed by atoms with van der Waals surface area (Å²) >= 11 is 0. The molecule has 0 unspecified atom stereocenters. The van der Waals surface area contributed by atoms with Crippen molar-refractivity contribution in [3.05, 3.63) is 29.0 Å². The zero-order valence-corrected chi connectivity index (χ0v) is 10.9. The number of nitrogens with one attached hydrogen (secondary N) is 2. The fourth-order valence-corrected chi connectivity index (χ4v) is 1.94. The Morgan fingerprint density at radius 1 is 1.11 bits per heavy atom. The molecule has 100 valence electrons. The number of amides is 3. The molecule has 6 heteroatoms. The fraction of sp³-hybridized carbons (Fsp3) is 0.231. The third-order valence-electron chi connectivity index (χ3n) is 2.83. The van der Waals surface area contributed by atoms with Crippen LogP contribution < -0.4 is 20.1 Å². The maximum atomic E-state index is 11.5. The van der Waals surface area contributed by atoms with Crippen LogP contribution in [0.5, 0.6) is 11.5 Å². The molecule has 6 nitrogen and oxygen atoms in total. The van der Waals surface area contributed by atoms with Gasteiger partial charge in [-0.15, -0.1) is 0 Å². The Morgan fingerprint density at radius 3 is 2.37 bits per heavy atom. The quantitative estimate of drug-likeness (QED) is 0.633. The zero-order valence-electron chi connectivity index (χ0n) is 10.9. The van der Waals surface area contributed by atoms with E-state index in [1.165, 1.54) is 7.11 Å². The fourth-order valence-electron chi connectivity index (χ4n) is 1.94. The van der Waals surface area contributed by atoms with Crippen LogP contribution in [0.15, 0.2) is 17.8 Å². The Balaban J connectivity index is 2.46. The number of hydrogen-bond acceptors (Lipinski definition) is 4. The molecule has 1 aliphatic rings. The smallest absolute Gasteiger partial charge is 0.326 e. The summed E-state index contributed by atoms with van der Waals surface area (Å²) in [7, 11) is 3.11. The second kappa shape index (κ2) is 5.01. The van der Waals surface area contributed by atoms with Crippen LogP contribution in [-0.2, 0) is 4.79 Å². The molecular formula is C13H14N2O4. The van der Waals surface area contributed by atoms with Crippen molar-refractivity contribution < 1.29 is 19.1 Å². The largest absolute Gasteiger partial charge is 0.496 e. The van der Waals surface area contributed by atoms with E-state index in [4.69, 9.17) is 9.47 Å². The van der Waals surface area contributed by atoms with Gasteiger partial charge in [-0.25, -0.2) is 4.79 Å². The van der Waals surface area contributed by atoms with Gasteiger partial charge >= 0.3 is 6.03 Å². The third-order valence-corrected chi connectivity index (χ3v) is 2.83. The van der Waals surface area contributed by atoms with Crippen molar-refractivity contribution in [2.45, 2.75) is 6.92 Å². The van der Waals surface area contributed by atoms with Gasteiger partial charge in [0.25, 0.3) is 5.91 Å². The second-order valence-corrected chi connectivity index (χ2v) is 3.98. The average Bonchev–Trinajstić information content (AvgIpc) is 2.68. The van der Waals surface area contributed by atoms with Crippen molar-refractivity contribution in [3.63, 3.8) is 0 Å². The van der Waals surface area contributed by atoms with Crippen LogP contribution in [0.25, 0.3) is 6.08 Å². The van der Waals surface area contributed by atoms with E-state index in [1.54, 1.807) is 25.3 Å². The number of ether oxygens (including phenoxy) is 2. The Labute approximate surface area is 110 Å². The Morgan fingerprint density at radius 2 is 1.84 bits per heavy atom. The lowest BCUT2D eigenvalue weighted by atomic mass is 10.1. The highest BCUT2D eigenvalue weighted by Gasteiger charge is 2.23. The maximum absolute atomic E-state index is 11.5. The minimum atomic E-state index is -0.527. The first-order valence-corrected chi connectivity index (χ1v) is 5.62. The van der Waals surface area contributed by atoms with E-state index in [-0.39, 0.29) is 5.70 Å². The summed E-state index contributed by atoms with van der Waals surface area (Å²) < 4.78 is 10.5. The lowest BCUT2D eigenvalue weighted by Crippen LogP contribution is -2.22. The molecule has 19 heavy (non-hydrogen) atoms. The van der Waals surface area contributed by atoms with E-state index < -0.39 is 11.9 Å². The summed E-state index contributed by atoms with van der Waals surface area (Å²) in [5.41, 5.74) is 1.70. The van der Waals surface area contributed by atoms with Crippen LogP contribution in [0.1, 0.15) is 11.1 Å². The number of carbonyl (C=O) groups is 2. The number of rotatable bonds is 3. The van der Waals surface area contributed by atoms with Gasteiger partial charge in [-0.05, 0) is 25.1 Å². The topological polar surface area (TPSA) is 76.7 Å². The number of benzene rings is 1. The average molecular weight is 262 g/mol. The van der Waals surface area contributed by atoms with Crippen LogP contribution in [0.4, 0.5) is 4.79 Å². The SMILES string of the molecule is COc1ccc(/C=C2/NC(=O)NC2=O)c(OC)c1C. The zero-order chi connectivity index (χ0) is 14.0. The predicted octanol–water partition coefficient (Wildman–Crippen LogP) is 1.19. The van der Waals surface area contributed by atoms with Crippen LogP contribution in [-0.4, -0.2) is 26.2 Å². The van der Waals surface area contributed by atoms with Crippen LogP contribution in [0.2, 0.25) is 0 Å². The van der Waals surface area contributed by atoms with E-state index in [9.17, 15) is 9.59 Å². The normalized spacial score (nSPS) is 16.3. The predicted molar refractivity (Wildman–Crippen MR) is 68.9 cm³/mol. The molecule has 0 spiro atoms. The first kappa shape index (κ1) is 12.9. The van der Waals surface area contributed by atoms with E-state index in [0.29, 0.717) is 17.1 Å². The van der Waals surface area contributed by atoms with Crippen molar-refractivity contribution >= 4 is 18.0 Å². The summed E-state index contributed by atoms with van der Waals surface area (Å²) in [5, 5.41) is 4.57. The lowest BCUT2D eigenvalue weighted by Gasteiger charge is -2.12. The molecule has 0 bridgehead atoms. The third kappa shape index (κ3) is 2.37. The number of imide groups is 1. The van der Waals surface area contributed by atoms with E-state index >= 15 is 0 Å². The monoisotopic (exact) mass is 262 g/mol. The number of hydrogen-bond donors (Lipinski definition) is 2. The van der Waals surface area contributed by atoms with Gasteiger partial charge in [-0.3, -0.25) is 10.1 Å². The molecule has 2 rings (SSSR count). The van der Waals surface area contributed by atoms with Crippen LogP contribution in [0.3, 0.4) is 0 Å². The van der Waals surface area contributed by atoms with Gasteiger partial charge < -0.3 is 14.8 Å². The minimum absolute atomic E-state index is 0.188. The maximum Gasteiger partial charge on any atom is 0.326 e. The molecule has 1 aromatic carbocycles. The molecule has 1 fully saturated rings. The van der Waals surface area contributed by atoms with Crippen molar-refractivity contribution in [1.82, 2.24) is 10.6 Å². The summed E-state index contributed by atoms with van der Waals surface area (Å²) in [6.45, 7) is 1.85. The summed E-state index contributed by atoms with van der Waals surface area (Å²) in [6.07, 6.45) is 1.56. The minimum Gasteiger partial charge on any atom is -0.496 e. The highest BCUT2D eigenvalue weighted by Crippen LogP contribution is 2.32. The molecule has 0 aromatic heterocycles. The van der Waals surface area contributed by atoms with Crippen LogP contribution in [0, 0.1) is 6.92 Å². The van der Waals surface area contributed by atoms with Gasteiger partial charge in [0.2, 0.25) is 0 Å². The van der Waals surface area contributed by atoms with Gasteiger partial charge in [0.15, 0.2) is 0 Å². The second-order valence-electron chi connectivity index (χ2n) is 3.98. The number of carbonyl (C=O) groups excluding carboxylic acids is 2. The Kier molecular flexibility index (Phi) is 3.41. The van der Waals surface area contributed by atoms with Crippen molar-refractivity contribution in [1.29, 1.82) is 0 Å². The number of methoxy groups -OCH3 is 2. The molecule has 1 saturated heterocycles. The van der Waals surface area contributed by atoms with Gasteiger partial charge in [-0.2, -0.15) is 0 Å². The standard InChI is InChI=1S/C13H14N2O4/c1-7-10(18-2)5-4-8(11(7)19-3)6-9-12(16)15-13(17)14-9/h4-6H,1-3H3,(H2,14,15,16,17)/b9-6+. The molecule has 1 aliphatic heterocycles. The molecule has 0 saturated carbocycles. The molecule has 0 radical (unpaired) electrons. The van der Waals surface area contributed by atoms with Gasteiger partial charge in [0.05, 0.1) is 14.2 Å². The molecule has 1 aromatic rings. The Bertz CT molecular complexity index is 578.